The predicted octanol–water partition coefficient (Wildman–Crippen LogP) is 1.32. The number of carbonyl (C=O) groups is 2. The Labute approximate surface area is 107 Å². The molecule has 0 aromatic heterocycles. The summed E-state index contributed by atoms with van der Waals surface area (Å²) in [5.74, 6) is -1.05. The number of ether oxygens (including phenoxy) is 1. The topological polar surface area (TPSA) is 75.6 Å². The van der Waals surface area contributed by atoms with Crippen molar-refractivity contribution in [2.24, 2.45) is 5.41 Å². The van der Waals surface area contributed by atoms with E-state index >= 15 is 0 Å². The first-order valence-corrected chi connectivity index (χ1v) is 6.62. The van der Waals surface area contributed by atoms with Crippen molar-refractivity contribution in [2.45, 2.75) is 51.0 Å². The number of amides is 1. The first-order chi connectivity index (χ1) is 8.49. The lowest BCUT2D eigenvalue weighted by Gasteiger charge is -2.36. The SMILES string of the molecule is CC1(C(=O)NC2(C(=O)O)CCOCC2)CCCC1. The van der Waals surface area contributed by atoms with Crippen molar-refractivity contribution in [3.63, 3.8) is 0 Å². The molecule has 2 rings (SSSR count). The van der Waals surface area contributed by atoms with Crippen molar-refractivity contribution in [1.82, 2.24) is 5.32 Å². The minimum absolute atomic E-state index is 0.107. The summed E-state index contributed by atoms with van der Waals surface area (Å²) in [7, 11) is 0. The Balaban J connectivity index is 2.09. The van der Waals surface area contributed by atoms with Crippen LogP contribution in [0.15, 0.2) is 0 Å². The number of carboxylic acid groups (broad SMARTS) is 1. The lowest BCUT2D eigenvalue weighted by molar-refractivity contribution is -0.153. The van der Waals surface area contributed by atoms with Gasteiger partial charge in [0, 0.05) is 31.5 Å². The van der Waals surface area contributed by atoms with Gasteiger partial charge < -0.3 is 15.2 Å². The Morgan fingerprint density at radius 3 is 2.17 bits per heavy atom. The molecule has 0 unspecified atom stereocenters. The van der Waals surface area contributed by atoms with Gasteiger partial charge in [0.2, 0.25) is 5.91 Å². The predicted molar refractivity (Wildman–Crippen MR) is 65.1 cm³/mol. The normalized spacial score (nSPS) is 25.6. The zero-order valence-electron chi connectivity index (χ0n) is 10.8. The quantitative estimate of drug-likeness (QED) is 0.797. The summed E-state index contributed by atoms with van der Waals surface area (Å²) >= 11 is 0. The number of carbonyl (C=O) groups excluding carboxylic acids is 1. The Bertz CT molecular complexity index is 341. The van der Waals surface area contributed by atoms with Gasteiger partial charge in [-0.1, -0.05) is 19.8 Å². The minimum Gasteiger partial charge on any atom is -0.480 e. The molecule has 0 aromatic carbocycles. The third-order valence-electron chi connectivity index (χ3n) is 4.36. The Hall–Kier alpha value is -1.10. The molecule has 2 N–H and O–H groups in total. The van der Waals surface area contributed by atoms with Crippen molar-refractivity contribution < 1.29 is 19.4 Å². The van der Waals surface area contributed by atoms with Gasteiger partial charge in [-0.25, -0.2) is 4.79 Å². The van der Waals surface area contributed by atoms with Gasteiger partial charge >= 0.3 is 5.97 Å². The molecule has 0 bridgehead atoms. The van der Waals surface area contributed by atoms with E-state index in [9.17, 15) is 14.7 Å². The number of rotatable bonds is 3. The molecule has 5 heteroatoms. The van der Waals surface area contributed by atoms with Crippen LogP contribution in [0.4, 0.5) is 0 Å². The van der Waals surface area contributed by atoms with Crippen molar-refractivity contribution in [3.8, 4) is 0 Å². The smallest absolute Gasteiger partial charge is 0.329 e. The van der Waals surface area contributed by atoms with Gasteiger partial charge in [0.1, 0.15) is 5.54 Å². The molecule has 1 saturated carbocycles. The second-order valence-electron chi connectivity index (χ2n) is 5.72. The van der Waals surface area contributed by atoms with E-state index in [4.69, 9.17) is 4.74 Å². The largest absolute Gasteiger partial charge is 0.480 e. The van der Waals surface area contributed by atoms with Crippen molar-refractivity contribution in [2.75, 3.05) is 13.2 Å². The zero-order chi connectivity index (χ0) is 13.2. The fourth-order valence-corrected chi connectivity index (χ4v) is 2.86. The number of nitrogens with one attached hydrogen (secondary N) is 1. The van der Waals surface area contributed by atoms with Crippen molar-refractivity contribution in [3.05, 3.63) is 0 Å². The van der Waals surface area contributed by atoms with Crippen LogP contribution >= 0.6 is 0 Å². The van der Waals surface area contributed by atoms with Crippen molar-refractivity contribution in [1.29, 1.82) is 0 Å². The highest BCUT2D eigenvalue weighted by molar-refractivity contribution is 5.90. The number of carboxylic acids is 1. The van der Waals surface area contributed by atoms with Crippen LogP contribution in [-0.4, -0.2) is 35.7 Å². The van der Waals surface area contributed by atoms with Crippen LogP contribution in [0.5, 0.6) is 0 Å². The third kappa shape index (κ3) is 2.36. The summed E-state index contributed by atoms with van der Waals surface area (Å²) in [6.07, 6.45) is 4.50. The number of hydrogen-bond acceptors (Lipinski definition) is 3. The van der Waals surface area contributed by atoms with E-state index in [1.165, 1.54) is 0 Å². The molecule has 1 saturated heterocycles. The highest BCUT2D eigenvalue weighted by atomic mass is 16.5. The lowest BCUT2D eigenvalue weighted by Crippen LogP contribution is -2.59. The molecule has 0 aromatic rings. The van der Waals surface area contributed by atoms with Crippen LogP contribution in [0, 0.1) is 5.41 Å². The third-order valence-corrected chi connectivity index (χ3v) is 4.36. The molecule has 0 spiro atoms. The monoisotopic (exact) mass is 255 g/mol. The maximum atomic E-state index is 12.3. The summed E-state index contributed by atoms with van der Waals surface area (Å²) in [5.41, 5.74) is -1.51. The van der Waals surface area contributed by atoms with E-state index in [1.54, 1.807) is 0 Å². The number of hydrogen-bond donors (Lipinski definition) is 2. The Morgan fingerprint density at radius 2 is 1.67 bits per heavy atom. The van der Waals surface area contributed by atoms with Gasteiger partial charge in [-0.3, -0.25) is 4.79 Å². The van der Waals surface area contributed by atoms with E-state index < -0.39 is 11.5 Å². The fraction of sp³-hybridized carbons (Fsp3) is 0.846. The second kappa shape index (κ2) is 4.88. The summed E-state index contributed by atoms with van der Waals surface area (Å²) in [5, 5.41) is 12.2. The molecule has 2 fully saturated rings. The molecular formula is C13H21NO4. The molecule has 0 atom stereocenters. The molecule has 5 nitrogen and oxygen atoms in total. The van der Waals surface area contributed by atoms with E-state index in [0.717, 1.165) is 25.7 Å². The van der Waals surface area contributed by atoms with Crippen LogP contribution in [0.3, 0.4) is 0 Å². The van der Waals surface area contributed by atoms with Gasteiger partial charge in [-0.2, -0.15) is 0 Å². The highest BCUT2D eigenvalue weighted by Crippen LogP contribution is 2.38. The zero-order valence-corrected chi connectivity index (χ0v) is 10.8. The minimum atomic E-state index is -1.12. The maximum absolute atomic E-state index is 12.3. The molecule has 0 radical (unpaired) electrons. The molecule has 1 aliphatic carbocycles. The summed E-state index contributed by atoms with van der Waals surface area (Å²) < 4.78 is 5.19. The van der Waals surface area contributed by atoms with Crippen LogP contribution in [0.25, 0.3) is 0 Å². The molecular weight excluding hydrogens is 234 g/mol. The standard InChI is InChI=1S/C13H21NO4/c1-12(4-2-3-5-12)10(15)14-13(11(16)17)6-8-18-9-7-13/h2-9H2,1H3,(H,14,15)(H,16,17). The maximum Gasteiger partial charge on any atom is 0.329 e. The molecule has 1 heterocycles. The molecule has 1 amide bonds. The molecule has 2 aliphatic rings. The second-order valence-corrected chi connectivity index (χ2v) is 5.72. The summed E-state index contributed by atoms with van der Waals surface area (Å²) in [6, 6.07) is 0. The van der Waals surface area contributed by atoms with Gasteiger partial charge in [-0.05, 0) is 12.8 Å². The summed E-state index contributed by atoms with van der Waals surface area (Å²) in [6.45, 7) is 2.72. The Morgan fingerprint density at radius 1 is 1.11 bits per heavy atom. The van der Waals surface area contributed by atoms with Crippen LogP contribution in [-0.2, 0) is 14.3 Å². The van der Waals surface area contributed by atoms with E-state index in [-0.39, 0.29) is 11.3 Å². The average molecular weight is 255 g/mol. The van der Waals surface area contributed by atoms with Crippen LogP contribution in [0.1, 0.15) is 45.4 Å². The summed E-state index contributed by atoms with van der Waals surface area (Å²) in [4.78, 5) is 23.8. The molecule has 1 aliphatic heterocycles. The molecule has 102 valence electrons. The van der Waals surface area contributed by atoms with E-state index in [2.05, 4.69) is 5.32 Å². The van der Waals surface area contributed by atoms with Crippen LogP contribution < -0.4 is 5.32 Å². The van der Waals surface area contributed by atoms with Gasteiger partial charge in [0.25, 0.3) is 0 Å². The fourth-order valence-electron chi connectivity index (χ4n) is 2.86. The number of aliphatic carboxylic acids is 1. The van der Waals surface area contributed by atoms with Crippen molar-refractivity contribution >= 4 is 11.9 Å². The van der Waals surface area contributed by atoms with Crippen LogP contribution in [0.2, 0.25) is 0 Å². The van der Waals surface area contributed by atoms with E-state index in [1.807, 2.05) is 6.92 Å². The van der Waals surface area contributed by atoms with Gasteiger partial charge in [0.15, 0.2) is 0 Å². The molecule has 18 heavy (non-hydrogen) atoms. The van der Waals surface area contributed by atoms with Gasteiger partial charge in [0.05, 0.1) is 0 Å². The van der Waals surface area contributed by atoms with Gasteiger partial charge in [-0.15, -0.1) is 0 Å². The Kier molecular flexibility index (Phi) is 3.61. The highest BCUT2D eigenvalue weighted by Gasteiger charge is 2.46. The first-order valence-electron chi connectivity index (χ1n) is 6.62. The lowest BCUT2D eigenvalue weighted by atomic mass is 9.84. The average Bonchev–Trinajstić information content (AvgIpc) is 2.78. The first kappa shape index (κ1) is 13.3. The van der Waals surface area contributed by atoms with E-state index in [0.29, 0.717) is 26.1 Å².